The van der Waals surface area contributed by atoms with Crippen LogP contribution in [0.4, 0.5) is 0 Å². The van der Waals surface area contributed by atoms with Crippen molar-refractivity contribution >= 4 is 17.7 Å². The van der Waals surface area contributed by atoms with Gasteiger partial charge in [-0.3, -0.25) is 4.79 Å². The molecule has 0 atom stereocenters. The minimum absolute atomic E-state index is 0.0238. The van der Waals surface area contributed by atoms with Gasteiger partial charge in [-0.1, -0.05) is 12.1 Å². The van der Waals surface area contributed by atoms with E-state index in [1.165, 1.54) is 5.56 Å². The van der Waals surface area contributed by atoms with Crippen LogP contribution < -0.4 is 10.6 Å². The van der Waals surface area contributed by atoms with Gasteiger partial charge in [0.05, 0.1) is 6.61 Å². The summed E-state index contributed by atoms with van der Waals surface area (Å²) in [6.45, 7) is 2.86. The van der Waals surface area contributed by atoms with Gasteiger partial charge in [0.1, 0.15) is 0 Å². The van der Waals surface area contributed by atoms with Crippen molar-refractivity contribution in [2.24, 2.45) is 0 Å². The largest absolute Gasteiger partial charge is 0.383 e. The van der Waals surface area contributed by atoms with Crippen molar-refractivity contribution in [3.05, 3.63) is 35.4 Å². The third-order valence-electron chi connectivity index (χ3n) is 2.60. The first-order valence-electron chi connectivity index (χ1n) is 6.33. The number of benzene rings is 1. The third-order valence-corrected chi connectivity index (χ3v) is 3.22. The molecule has 0 aromatic heterocycles. The van der Waals surface area contributed by atoms with E-state index in [1.54, 1.807) is 18.9 Å². The van der Waals surface area contributed by atoms with Crippen LogP contribution in [-0.2, 0) is 10.5 Å². The molecule has 0 aliphatic heterocycles. The fourth-order valence-corrected chi connectivity index (χ4v) is 2.11. The lowest BCUT2D eigenvalue weighted by Gasteiger charge is -2.07. The summed E-state index contributed by atoms with van der Waals surface area (Å²) < 4.78 is 4.92. The van der Waals surface area contributed by atoms with Gasteiger partial charge in [0.15, 0.2) is 0 Å². The van der Waals surface area contributed by atoms with E-state index in [0.29, 0.717) is 18.7 Å². The molecule has 0 saturated heterocycles. The molecule has 106 valence electrons. The minimum Gasteiger partial charge on any atom is -0.383 e. The fraction of sp³-hybridized carbons (Fsp3) is 0.500. The van der Waals surface area contributed by atoms with E-state index >= 15 is 0 Å². The molecule has 0 unspecified atom stereocenters. The highest BCUT2D eigenvalue weighted by molar-refractivity contribution is 7.97. The van der Waals surface area contributed by atoms with E-state index in [1.807, 2.05) is 24.3 Å². The Balaban J connectivity index is 2.25. The van der Waals surface area contributed by atoms with Crippen molar-refractivity contribution in [3.8, 4) is 0 Å². The molecule has 0 aliphatic rings. The van der Waals surface area contributed by atoms with Gasteiger partial charge in [-0.2, -0.15) is 11.8 Å². The Morgan fingerprint density at radius 2 is 1.95 bits per heavy atom. The molecule has 4 nitrogen and oxygen atoms in total. The number of carbonyl (C=O) groups excluding carboxylic acids is 1. The molecule has 1 amide bonds. The van der Waals surface area contributed by atoms with Crippen LogP contribution >= 0.6 is 11.8 Å². The molecule has 1 rings (SSSR count). The van der Waals surface area contributed by atoms with Crippen LogP contribution in [0.25, 0.3) is 0 Å². The molecule has 1 aromatic rings. The Kier molecular flexibility index (Phi) is 8.29. The molecular formula is C14H22N2O2S. The molecule has 19 heavy (non-hydrogen) atoms. The quantitative estimate of drug-likeness (QED) is 0.674. The molecule has 0 fully saturated rings. The number of hydrogen-bond acceptors (Lipinski definition) is 4. The Morgan fingerprint density at radius 3 is 2.58 bits per heavy atom. The van der Waals surface area contributed by atoms with Crippen molar-refractivity contribution < 1.29 is 9.53 Å². The average Bonchev–Trinajstić information content (AvgIpc) is 2.43. The maximum atomic E-state index is 11.8. The number of ether oxygens (including phenoxy) is 1. The zero-order chi connectivity index (χ0) is 13.9. The number of carbonyl (C=O) groups is 1. The van der Waals surface area contributed by atoms with Crippen LogP contribution in [0.15, 0.2) is 24.3 Å². The van der Waals surface area contributed by atoms with E-state index in [9.17, 15) is 4.79 Å². The first kappa shape index (κ1) is 16.0. The third kappa shape index (κ3) is 6.61. The van der Waals surface area contributed by atoms with E-state index in [0.717, 1.165) is 18.8 Å². The number of nitrogens with one attached hydrogen (secondary N) is 2. The average molecular weight is 282 g/mol. The molecule has 1 aromatic carbocycles. The molecule has 0 spiro atoms. The summed E-state index contributed by atoms with van der Waals surface area (Å²) in [5.41, 5.74) is 1.95. The van der Waals surface area contributed by atoms with Crippen molar-refractivity contribution in [1.29, 1.82) is 0 Å². The number of hydrogen-bond donors (Lipinski definition) is 2. The Bertz CT molecular complexity index is 368. The molecule has 5 heteroatoms. The van der Waals surface area contributed by atoms with Gasteiger partial charge >= 0.3 is 0 Å². The maximum Gasteiger partial charge on any atom is 0.251 e. The number of thioether (sulfide) groups is 1. The van der Waals surface area contributed by atoms with Gasteiger partial charge in [0, 0.05) is 38.1 Å². The van der Waals surface area contributed by atoms with Gasteiger partial charge in [-0.15, -0.1) is 0 Å². The molecule has 2 N–H and O–H groups in total. The summed E-state index contributed by atoms with van der Waals surface area (Å²) in [5, 5.41) is 6.06. The summed E-state index contributed by atoms with van der Waals surface area (Å²) in [6, 6.07) is 7.75. The lowest BCUT2D eigenvalue weighted by atomic mass is 10.1. The zero-order valence-electron chi connectivity index (χ0n) is 11.6. The Morgan fingerprint density at radius 1 is 1.21 bits per heavy atom. The summed E-state index contributed by atoms with van der Waals surface area (Å²) >= 11 is 1.77. The first-order valence-corrected chi connectivity index (χ1v) is 7.73. The van der Waals surface area contributed by atoms with E-state index in [4.69, 9.17) is 4.74 Å². The number of rotatable bonds is 9. The van der Waals surface area contributed by atoms with Gasteiger partial charge in [-0.05, 0) is 24.0 Å². The lowest BCUT2D eigenvalue weighted by molar-refractivity contribution is 0.0953. The smallest absolute Gasteiger partial charge is 0.251 e. The van der Waals surface area contributed by atoms with Gasteiger partial charge in [-0.25, -0.2) is 0 Å². The van der Waals surface area contributed by atoms with Crippen LogP contribution in [0.1, 0.15) is 15.9 Å². The summed E-state index contributed by atoms with van der Waals surface area (Å²) in [5.74, 6) is 0.954. The fourth-order valence-electron chi connectivity index (χ4n) is 1.58. The van der Waals surface area contributed by atoms with Crippen LogP contribution in [0, 0.1) is 0 Å². The molecular weight excluding hydrogens is 260 g/mol. The minimum atomic E-state index is -0.0238. The first-order chi connectivity index (χ1) is 9.27. The van der Waals surface area contributed by atoms with E-state index < -0.39 is 0 Å². The van der Waals surface area contributed by atoms with E-state index in [-0.39, 0.29) is 5.91 Å². The van der Waals surface area contributed by atoms with Crippen molar-refractivity contribution in [2.45, 2.75) is 5.75 Å². The highest BCUT2D eigenvalue weighted by Gasteiger charge is 2.04. The highest BCUT2D eigenvalue weighted by Crippen LogP contribution is 2.10. The van der Waals surface area contributed by atoms with Crippen molar-refractivity contribution in [3.63, 3.8) is 0 Å². The number of amides is 1. The van der Waals surface area contributed by atoms with Crippen LogP contribution in [0.5, 0.6) is 0 Å². The second kappa shape index (κ2) is 9.83. The molecule has 0 heterocycles. The van der Waals surface area contributed by atoms with Crippen LogP contribution in [0.2, 0.25) is 0 Å². The zero-order valence-corrected chi connectivity index (χ0v) is 12.4. The van der Waals surface area contributed by atoms with Gasteiger partial charge in [0.2, 0.25) is 0 Å². The molecule has 0 bridgehead atoms. The molecule has 0 saturated carbocycles. The summed E-state index contributed by atoms with van der Waals surface area (Å²) in [7, 11) is 1.67. The Hall–Kier alpha value is -1.04. The molecule has 0 aliphatic carbocycles. The predicted octanol–water partition coefficient (Wildman–Crippen LogP) is 1.52. The second-order valence-corrected chi connectivity index (χ2v) is 4.99. The van der Waals surface area contributed by atoms with E-state index in [2.05, 4.69) is 16.9 Å². The van der Waals surface area contributed by atoms with Gasteiger partial charge < -0.3 is 15.4 Å². The molecule has 0 radical (unpaired) electrons. The lowest BCUT2D eigenvalue weighted by Crippen LogP contribution is -2.33. The Labute approximate surface area is 119 Å². The monoisotopic (exact) mass is 282 g/mol. The second-order valence-electron chi connectivity index (χ2n) is 4.13. The standard InChI is InChI=1S/C14H22N2O2S/c1-18-10-9-15-7-8-16-14(17)13-5-3-12(4-6-13)11-19-2/h3-6,15H,7-11H2,1-2H3,(H,16,17). The predicted molar refractivity (Wildman–Crippen MR) is 80.7 cm³/mol. The van der Waals surface area contributed by atoms with Crippen molar-refractivity contribution in [2.75, 3.05) is 39.6 Å². The van der Waals surface area contributed by atoms with Crippen molar-refractivity contribution in [1.82, 2.24) is 10.6 Å². The maximum absolute atomic E-state index is 11.8. The van der Waals surface area contributed by atoms with Crippen LogP contribution in [-0.4, -0.2) is 45.5 Å². The van der Waals surface area contributed by atoms with Gasteiger partial charge in [0.25, 0.3) is 5.91 Å². The van der Waals surface area contributed by atoms with Crippen LogP contribution in [0.3, 0.4) is 0 Å². The number of methoxy groups -OCH3 is 1. The topological polar surface area (TPSA) is 50.4 Å². The summed E-state index contributed by atoms with van der Waals surface area (Å²) in [6.07, 6.45) is 2.07. The normalized spacial score (nSPS) is 10.4. The highest BCUT2D eigenvalue weighted by atomic mass is 32.2. The SMILES string of the molecule is COCCNCCNC(=O)c1ccc(CSC)cc1. The summed E-state index contributed by atoms with van der Waals surface area (Å²) in [4.78, 5) is 11.8.